The van der Waals surface area contributed by atoms with Gasteiger partial charge in [0, 0.05) is 18.3 Å². The van der Waals surface area contributed by atoms with Crippen LogP contribution in [0.5, 0.6) is 0 Å². The lowest BCUT2D eigenvalue weighted by atomic mass is 10.1. The summed E-state index contributed by atoms with van der Waals surface area (Å²) >= 11 is 0. The van der Waals surface area contributed by atoms with E-state index in [9.17, 15) is 5.11 Å². The van der Waals surface area contributed by atoms with Crippen LogP contribution in [0.15, 0.2) is 12.1 Å². The lowest BCUT2D eigenvalue weighted by Gasteiger charge is -2.24. The van der Waals surface area contributed by atoms with Gasteiger partial charge in [-0.05, 0) is 55.7 Å². The van der Waals surface area contributed by atoms with E-state index in [-0.39, 0.29) is 6.61 Å². The molecule has 0 spiro atoms. The van der Waals surface area contributed by atoms with Crippen molar-refractivity contribution < 1.29 is 5.11 Å². The van der Waals surface area contributed by atoms with E-state index in [1.54, 1.807) is 0 Å². The van der Waals surface area contributed by atoms with Gasteiger partial charge in [-0.1, -0.05) is 13.3 Å². The molecule has 0 radical (unpaired) electrons. The zero-order chi connectivity index (χ0) is 13.2. The Labute approximate surface area is 115 Å². The minimum atomic E-state index is 0.119. The van der Waals surface area contributed by atoms with Gasteiger partial charge in [0.2, 0.25) is 0 Å². The fourth-order valence-corrected chi connectivity index (χ4v) is 2.65. The Bertz CT molecular complexity index is 438. The van der Waals surface area contributed by atoms with Gasteiger partial charge in [-0.15, -0.1) is 0 Å². The molecule has 104 valence electrons. The largest absolute Gasteiger partial charge is 0.392 e. The van der Waals surface area contributed by atoms with E-state index >= 15 is 0 Å². The molecule has 0 saturated heterocycles. The highest BCUT2D eigenvalue weighted by atomic mass is 16.3. The lowest BCUT2D eigenvalue weighted by molar-refractivity contribution is 0.281. The molecule has 2 saturated carbocycles. The van der Waals surface area contributed by atoms with Crippen molar-refractivity contribution in [2.24, 2.45) is 5.92 Å². The normalized spacial score (nSPS) is 18.6. The Balaban J connectivity index is 1.84. The van der Waals surface area contributed by atoms with Crippen molar-refractivity contribution in [2.45, 2.75) is 58.1 Å². The van der Waals surface area contributed by atoms with Crippen LogP contribution in [0.3, 0.4) is 0 Å². The molecule has 2 fully saturated rings. The van der Waals surface area contributed by atoms with Gasteiger partial charge in [0.15, 0.2) is 0 Å². The first-order chi connectivity index (χ1) is 9.30. The van der Waals surface area contributed by atoms with E-state index in [1.165, 1.54) is 25.7 Å². The molecule has 19 heavy (non-hydrogen) atoms. The van der Waals surface area contributed by atoms with Gasteiger partial charge < -0.3 is 10.0 Å². The molecule has 1 aromatic heterocycles. The van der Waals surface area contributed by atoms with Crippen LogP contribution in [0.1, 0.15) is 50.3 Å². The van der Waals surface area contributed by atoms with Crippen molar-refractivity contribution in [3.05, 3.63) is 23.4 Å². The van der Waals surface area contributed by atoms with Gasteiger partial charge in [0.1, 0.15) is 5.82 Å². The summed E-state index contributed by atoms with van der Waals surface area (Å²) in [7, 11) is 0. The van der Waals surface area contributed by atoms with E-state index in [1.807, 2.05) is 0 Å². The summed E-state index contributed by atoms with van der Waals surface area (Å²) in [5, 5.41) is 9.44. The van der Waals surface area contributed by atoms with Crippen LogP contribution in [-0.4, -0.2) is 22.7 Å². The maximum atomic E-state index is 9.44. The number of anilines is 1. The van der Waals surface area contributed by atoms with Crippen LogP contribution in [0, 0.1) is 5.92 Å². The van der Waals surface area contributed by atoms with Crippen LogP contribution in [0.4, 0.5) is 5.82 Å². The summed E-state index contributed by atoms with van der Waals surface area (Å²) < 4.78 is 0. The molecule has 0 bridgehead atoms. The molecule has 0 unspecified atom stereocenters. The second kappa shape index (κ2) is 5.49. The van der Waals surface area contributed by atoms with Crippen LogP contribution < -0.4 is 4.90 Å². The minimum Gasteiger partial charge on any atom is -0.392 e. The number of nitrogens with zero attached hydrogens (tertiary/aromatic N) is 2. The highest BCUT2D eigenvalue weighted by molar-refractivity contribution is 5.45. The maximum absolute atomic E-state index is 9.44. The number of aromatic nitrogens is 1. The first kappa shape index (κ1) is 12.9. The van der Waals surface area contributed by atoms with Crippen molar-refractivity contribution >= 4 is 5.82 Å². The van der Waals surface area contributed by atoms with Crippen molar-refractivity contribution in [3.63, 3.8) is 0 Å². The predicted octanol–water partition coefficient (Wildman–Crippen LogP) is 2.91. The summed E-state index contributed by atoms with van der Waals surface area (Å²) in [6.45, 7) is 3.46. The molecule has 3 rings (SSSR count). The Hall–Kier alpha value is -1.09. The zero-order valence-electron chi connectivity index (χ0n) is 11.8. The molecular formula is C16H24N2O. The monoisotopic (exact) mass is 260 g/mol. The highest BCUT2D eigenvalue weighted by Gasteiger charge is 2.34. The van der Waals surface area contributed by atoms with E-state index in [0.717, 1.165) is 42.4 Å². The van der Waals surface area contributed by atoms with E-state index in [4.69, 9.17) is 4.98 Å². The maximum Gasteiger partial charge on any atom is 0.129 e. The Morgan fingerprint density at radius 2 is 2.05 bits per heavy atom. The topological polar surface area (TPSA) is 36.4 Å². The van der Waals surface area contributed by atoms with Crippen LogP contribution in [-0.2, 0) is 13.0 Å². The SMILES string of the molecule is CCCc1cc(CO)cc(N(CC2CC2)C2CC2)n1. The third-order valence-corrected chi connectivity index (χ3v) is 4.05. The Morgan fingerprint density at radius 1 is 1.26 bits per heavy atom. The molecule has 1 N–H and O–H groups in total. The summed E-state index contributed by atoms with van der Waals surface area (Å²) in [5.74, 6) is 1.99. The molecular weight excluding hydrogens is 236 g/mol. The van der Waals surface area contributed by atoms with Gasteiger partial charge in [-0.2, -0.15) is 0 Å². The molecule has 0 aliphatic heterocycles. The number of aryl methyl sites for hydroxylation is 1. The van der Waals surface area contributed by atoms with E-state index in [2.05, 4.69) is 24.0 Å². The number of rotatable bonds is 7. The predicted molar refractivity (Wildman–Crippen MR) is 77.2 cm³/mol. The average Bonchev–Trinajstić information content (AvgIpc) is 3.28. The number of hydrogen-bond acceptors (Lipinski definition) is 3. The molecule has 0 amide bonds. The first-order valence-corrected chi connectivity index (χ1v) is 7.67. The number of aliphatic hydroxyl groups excluding tert-OH is 1. The fraction of sp³-hybridized carbons (Fsp3) is 0.688. The number of aliphatic hydroxyl groups is 1. The first-order valence-electron chi connectivity index (χ1n) is 7.67. The van der Waals surface area contributed by atoms with Gasteiger partial charge in [-0.25, -0.2) is 4.98 Å². The van der Waals surface area contributed by atoms with Crippen molar-refractivity contribution in [1.29, 1.82) is 0 Å². The third-order valence-electron chi connectivity index (χ3n) is 4.05. The van der Waals surface area contributed by atoms with Gasteiger partial charge in [-0.3, -0.25) is 0 Å². The molecule has 1 aromatic rings. The molecule has 2 aliphatic carbocycles. The molecule has 0 atom stereocenters. The summed E-state index contributed by atoms with van der Waals surface area (Å²) in [4.78, 5) is 7.32. The van der Waals surface area contributed by atoms with Crippen molar-refractivity contribution in [2.75, 3.05) is 11.4 Å². The Kier molecular flexibility index (Phi) is 3.74. The van der Waals surface area contributed by atoms with Crippen molar-refractivity contribution in [3.8, 4) is 0 Å². The molecule has 0 aromatic carbocycles. The Morgan fingerprint density at radius 3 is 2.63 bits per heavy atom. The van der Waals surface area contributed by atoms with Gasteiger partial charge in [0.25, 0.3) is 0 Å². The van der Waals surface area contributed by atoms with Crippen LogP contribution in [0.25, 0.3) is 0 Å². The quantitative estimate of drug-likeness (QED) is 0.819. The lowest BCUT2D eigenvalue weighted by Crippen LogP contribution is -2.29. The van der Waals surface area contributed by atoms with Gasteiger partial charge >= 0.3 is 0 Å². The number of pyridine rings is 1. The number of hydrogen-bond donors (Lipinski definition) is 1. The van der Waals surface area contributed by atoms with Crippen LogP contribution >= 0.6 is 0 Å². The standard InChI is InChI=1S/C16H24N2O/c1-2-3-14-8-13(11-19)9-16(17-14)18(15-6-7-15)10-12-4-5-12/h8-9,12,15,19H,2-7,10-11H2,1H3. The smallest absolute Gasteiger partial charge is 0.129 e. The summed E-state index contributed by atoms with van der Waals surface area (Å²) in [6.07, 6.45) is 7.48. The van der Waals surface area contributed by atoms with Gasteiger partial charge in [0.05, 0.1) is 6.61 Å². The third kappa shape index (κ3) is 3.27. The van der Waals surface area contributed by atoms with E-state index in [0.29, 0.717) is 6.04 Å². The van der Waals surface area contributed by atoms with Crippen molar-refractivity contribution in [1.82, 2.24) is 4.98 Å². The average molecular weight is 260 g/mol. The molecule has 2 aliphatic rings. The fourth-order valence-electron chi connectivity index (χ4n) is 2.65. The zero-order valence-corrected chi connectivity index (χ0v) is 11.8. The molecule has 3 nitrogen and oxygen atoms in total. The highest BCUT2D eigenvalue weighted by Crippen LogP contribution is 2.37. The molecule has 3 heteroatoms. The molecule has 1 heterocycles. The van der Waals surface area contributed by atoms with Crippen LogP contribution in [0.2, 0.25) is 0 Å². The van der Waals surface area contributed by atoms with E-state index < -0.39 is 0 Å². The second-order valence-corrected chi connectivity index (χ2v) is 6.06. The summed E-state index contributed by atoms with van der Waals surface area (Å²) in [5.41, 5.74) is 2.14. The minimum absolute atomic E-state index is 0.119. The second-order valence-electron chi connectivity index (χ2n) is 6.06. The summed E-state index contributed by atoms with van der Waals surface area (Å²) in [6, 6.07) is 4.84.